The van der Waals surface area contributed by atoms with Gasteiger partial charge in [-0.1, -0.05) is 126 Å². The summed E-state index contributed by atoms with van der Waals surface area (Å²) in [6, 6.07) is 54.5. The monoisotopic (exact) mass is 828 g/mol. The Balaban J connectivity index is 0.997. The van der Waals surface area contributed by atoms with E-state index in [1.54, 1.807) is 0 Å². The number of allylic oxidation sites excluding steroid dienone is 2. The van der Waals surface area contributed by atoms with E-state index in [2.05, 4.69) is 207 Å². The van der Waals surface area contributed by atoms with Crippen LogP contribution in [0.2, 0.25) is 0 Å². The number of nitrogens with zero attached hydrogens (tertiary/aromatic N) is 2. The van der Waals surface area contributed by atoms with Crippen molar-refractivity contribution in [2.45, 2.75) is 44.8 Å². The standard InChI is InChI=1S/C59H44N2O3/c1-36-21-25-38(26-22-36)60(50-17-10-15-45-43-13-6-7-19-52(43)62-56(45)50)40-29-31-46-48(34-40)42-12-4-5-14-44(42)55-47-32-30-41(35-53(47)63-57(46)55)61(39-27-23-37(2)24-28-39)51-18-11-16-49-58(51)64-54-20-8-9-33-59(49,54)3/h4-29,31-35,41,54H,30H2,1-3H3. The molecule has 0 spiro atoms. The Morgan fingerprint density at radius 3 is 2.09 bits per heavy atom. The smallest absolute Gasteiger partial charge is 0.159 e. The third-order valence-corrected chi connectivity index (χ3v) is 13.9. The van der Waals surface area contributed by atoms with Crippen molar-refractivity contribution >= 4 is 95.0 Å². The molecule has 0 bridgehead atoms. The molecule has 3 heterocycles. The second-order valence-corrected chi connectivity index (χ2v) is 17.9. The number of ether oxygens (including phenoxy) is 1. The summed E-state index contributed by atoms with van der Waals surface area (Å²) in [5.41, 5.74) is 12.2. The van der Waals surface area contributed by atoms with Gasteiger partial charge >= 0.3 is 0 Å². The minimum Gasteiger partial charge on any atom is -0.483 e. The van der Waals surface area contributed by atoms with Gasteiger partial charge in [-0.25, -0.2) is 0 Å². The molecule has 8 aromatic carbocycles. The molecule has 308 valence electrons. The molecule has 13 rings (SSSR count). The summed E-state index contributed by atoms with van der Waals surface area (Å²) in [7, 11) is 0. The van der Waals surface area contributed by atoms with Crippen LogP contribution in [-0.2, 0) is 5.41 Å². The lowest BCUT2D eigenvalue weighted by Gasteiger charge is -2.33. The lowest BCUT2D eigenvalue weighted by molar-refractivity contribution is 0.228. The van der Waals surface area contributed by atoms with Crippen molar-refractivity contribution in [2.75, 3.05) is 9.80 Å². The maximum Gasteiger partial charge on any atom is 0.159 e. The third-order valence-electron chi connectivity index (χ3n) is 13.9. The Morgan fingerprint density at radius 1 is 0.578 bits per heavy atom. The van der Waals surface area contributed by atoms with Gasteiger partial charge in [-0.05, 0) is 116 Å². The van der Waals surface area contributed by atoms with E-state index in [0.717, 1.165) is 94.9 Å². The fourth-order valence-electron chi connectivity index (χ4n) is 10.7. The van der Waals surface area contributed by atoms with E-state index in [0.29, 0.717) is 0 Å². The number of benzene rings is 8. The summed E-state index contributed by atoms with van der Waals surface area (Å²) in [5, 5.41) is 9.09. The van der Waals surface area contributed by atoms with E-state index in [9.17, 15) is 0 Å². The summed E-state index contributed by atoms with van der Waals surface area (Å²) in [5.74, 6) is 0.944. The van der Waals surface area contributed by atoms with Crippen molar-refractivity contribution < 1.29 is 13.6 Å². The van der Waals surface area contributed by atoms with Crippen LogP contribution in [0.3, 0.4) is 0 Å². The van der Waals surface area contributed by atoms with Gasteiger partial charge in [0.1, 0.15) is 28.4 Å². The Morgan fingerprint density at radius 2 is 1.27 bits per heavy atom. The summed E-state index contributed by atoms with van der Waals surface area (Å²) in [6.45, 7) is 6.55. The van der Waals surface area contributed by atoms with E-state index < -0.39 is 0 Å². The van der Waals surface area contributed by atoms with E-state index in [4.69, 9.17) is 13.6 Å². The molecule has 2 aliphatic carbocycles. The quantitative estimate of drug-likeness (QED) is 0.156. The molecule has 5 heteroatoms. The van der Waals surface area contributed by atoms with Gasteiger partial charge in [-0.3, -0.25) is 0 Å². The zero-order chi connectivity index (χ0) is 42.7. The highest BCUT2D eigenvalue weighted by molar-refractivity contribution is 6.24. The molecule has 1 aliphatic heterocycles. The van der Waals surface area contributed by atoms with Crippen molar-refractivity contribution in [3.8, 4) is 5.75 Å². The van der Waals surface area contributed by atoms with Crippen LogP contribution in [0.15, 0.2) is 185 Å². The SMILES string of the molecule is Cc1ccc(N(c2ccc3c(c2)c2ccccc2c2c4c(oc32)=CC(N(c2ccc(C)cc2)c2cccc3c2OC2C=CC=CC32C)CC=4)c2cccc3c2oc2ccccc23)cc1. The zero-order valence-corrected chi connectivity index (χ0v) is 35.9. The van der Waals surface area contributed by atoms with Gasteiger partial charge in [-0.15, -0.1) is 0 Å². The predicted octanol–water partition coefficient (Wildman–Crippen LogP) is 14.0. The average Bonchev–Trinajstić information content (AvgIpc) is 4.00. The van der Waals surface area contributed by atoms with Crippen molar-refractivity contribution in [1.29, 1.82) is 0 Å². The molecular weight excluding hydrogens is 785 g/mol. The fourth-order valence-corrected chi connectivity index (χ4v) is 10.7. The maximum absolute atomic E-state index is 7.15. The molecule has 3 unspecified atom stereocenters. The Kier molecular flexibility index (Phi) is 7.99. The van der Waals surface area contributed by atoms with Gasteiger partial charge in [0.15, 0.2) is 5.58 Å². The molecule has 0 N–H and O–H groups in total. The molecular formula is C59H44N2O3. The number of furan rings is 2. The van der Waals surface area contributed by atoms with Gasteiger partial charge in [-0.2, -0.15) is 0 Å². The van der Waals surface area contributed by atoms with Crippen LogP contribution >= 0.6 is 0 Å². The predicted molar refractivity (Wildman–Crippen MR) is 264 cm³/mol. The van der Waals surface area contributed by atoms with Gasteiger partial charge in [0.2, 0.25) is 0 Å². The highest BCUT2D eigenvalue weighted by atomic mass is 16.5. The van der Waals surface area contributed by atoms with Crippen LogP contribution in [-0.4, -0.2) is 12.1 Å². The molecule has 0 fully saturated rings. The highest BCUT2D eigenvalue weighted by Gasteiger charge is 2.45. The molecule has 0 radical (unpaired) electrons. The minimum absolute atomic E-state index is 0.0273. The highest BCUT2D eigenvalue weighted by Crippen LogP contribution is 2.52. The first-order valence-corrected chi connectivity index (χ1v) is 22.3. The second kappa shape index (κ2) is 13.9. The van der Waals surface area contributed by atoms with Crippen molar-refractivity contribution in [3.05, 3.63) is 203 Å². The molecule has 3 aliphatic rings. The summed E-state index contributed by atoms with van der Waals surface area (Å²) in [6.07, 6.45) is 14.2. The van der Waals surface area contributed by atoms with E-state index in [-0.39, 0.29) is 17.6 Å². The first-order chi connectivity index (χ1) is 31.4. The number of aryl methyl sites for hydroxylation is 2. The van der Waals surface area contributed by atoms with Crippen LogP contribution in [0.25, 0.3) is 66.6 Å². The molecule has 0 saturated carbocycles. The number of anilines is 5. The van der Waals surface area contributed by atoms with Crippen molar-refractivity contribution in [2.24, 2.45) is 0 Å². The summed E-state index contributed by atoms with van der Waals surface area (Å²) in [4.78, 5) is 4.77. The topological polar surface area (TPSA) is 42.0 Å². The fraction of sp³-hybridized carbons (Fsp3) is 0.119. The second-order valence-electron chi connectivity index (χ2n) is 17.9. The third kappa shape index (κ3) is 5.43. The molecule has 10 aromatic rings. The first kappa shape index (κ1) is 36.9. The van der Waals surface area contributed by atoms with E-state index in [1.165, 1.54) is 27.5 Å². The van der Waals surface area contributed by atoms with Gasteiger partial charge in [0.05, 0.1) is 22.8 Å². The van der Waals surface area contributed by atoms with Gasteiger partial charge in [0.25, 0.3) is 0 Å². The number of hydrogen-bond donors (Lipinski definition) is 0. The number of hydrogen-bond acceptors (Lipinski definition) is 5. The molecule has 2 aromatic heterocycles. The van der Waals surface area contributed by atoms with Crippen LogP contribution in [0.5, 0.6) is 5.75 Å². The molecule has 3 atom stereocenters. The first-order valence-electron chi connectivity index (χ1n) is 22.3. The lowest BCUT2D eigenvalue weighted by Crippen LogP contribution is -2.36. The Hall–Kier alpha value is -7.76. The minimum atomic E-state index is -0.229. The van der Waals surface area contributed by atoms with Gasteiger partial charge in [0, 0.05) is 49.4 Å². The molecule has 5 nitrogen and oxygen atoms in total. The van der Waals surface area contributed by atoms with Crippen LogP contribution < -0.4 is 25.2 Å². The summed E-state index contributed by atoms with van der Waals surface area (Å²) >= 11 is 0. The molecule has 64 heavy (non-hydrogen) atoms. The average molecular weight is 829 g/mol. The largest absolute Gasteiger partial charge is 0.483 e. The van der Waals surface area contributed by atoms with Crippen LogP contribution in [0.1, 0.15) is 30.0 Å². The molecule has 0 amide bonds. The lowest BCUT2D eigenvalue weighted by atomic mass is 9.76. The van der Waals surface area contributed by atoms with E-state index in [1.807, 2.05) is 12.1 Å². The van der Waals surface area contributed by atoms with E-state index >= 15 is 0 Å². The van der Waals surface area contributed by atoms with Crippen LogP contribution in [0, 0.1) is 13.8 Å². The number of rotatable bonds is 6. The van der Waals surface area contributed by atoms with Crippen molar-refractivity contribution in [1.82, 2.24) is 0 Å². The zero-order valence-electron chi connectivity index (χ0n) is 35.9. The molecule has 0 saturated heterocycles. The maximum atomic E-state index is 7.15. The van der Waals surface area contributed by atoms with Gasteiger partial charge < -0.3 is 23.4 Å². The Bertz CT molecular complexity index is 3740. The number of para-hydroxylation sites is 3. The normalized spacial score (nSPS) is 18.5. The number of fused-ring (bicyclic) bond motifs is 14. The van der Waals surface area contributed by atoms with Crippen LogP contribution in [0.4, 0.5) is 28.4 Å². The summed E-state index contributed by atoms with van der Waals surface area (Å²) < 4.78 is 20.7. The Labute approximate surface area is 370 Å². The van der Waals surface area contributed by atoms with Crippen molar-refractivity contribution in [3.63, 3.8) is 0 Å².